The van der Waals surface area contributed by atoms with Crippen LogP contribution in [-0.4, -0.2) is 34.2 Å². The fraction of sp³-hybridized carbons (Fsp3) is 0.174. The number of rotatable bonds is 5. The fourth-order valence-electron chi connectivity index (χ4n) is 3.33. The van der Waals surface area contributed by atoms with Crippen molar-refractivity contribution in [1.29, 1.82) is 0 Å². The van der Waals surface area contributed by atoms with Crippen LogP contribution < -0.4 is 15.5 Å². The Kier molecular flexibility index (Phi) is 5.70. The average Bonchev–Trinajstić information content (AvgIpc) is 3.21. The lowest BCUT2D eigenvalue weighted by Gasteiger charge is -2.16. The molecule has 8 heteroatoms. The molecule has 1 aliphatic rings. The predicted octanol–water partition coefficient (Wildman–Crippen LogP) is 3.42. The van der Waals surface area contributed by atoms with Crippen LogP contribution >= 0.6 is 0 Å². The Labute approximate surface area is 179 Å². The van der Waals surface area contributed by atoms with Crippen molar-refractivity contribution >= 4 is 34.8 Å². The minimum Gasteiger partial charge on any atom is -0.321 e. The molecule has 0 bridgehead atoms. The van der Waals surface area contributed by atoms with Crippen LogP contribution in [0.15, 0.2) is 60.9 Å². The van der Waals surface area contributed by atoms with E-state index in [0.29, 0.717) is 24.3 Å². The van der Waals surface area contributed by atoms with Crippen LogP contribution in [0.5, 0.6) is 0 Å². The molecule has 1 saturated heterocycles. The highest BCUT2D eigenvalue weighted by Crippen LogP contribution is 2.23. The summed E-state index contributed by atoms with van der Waals surface area (Å²) in [7, 11) is 0. The number of carbonyl (C=O) groups is 3. The number of carbonyl (C=O) groups excluding carboxylic acids is 3. The largest absolute Gasteiger partial charge is 0.321 e. The Bertz CT molecular complexity index is 1130. The van der Waals surface area contributed by atoms with Gasteiger partial charge in [0.2, 0.25) is 5.91 Å². The summed E-state index contributed by atoms with van der Waals surface area (Å²) < 4.78 is 0. The highest BCUT2D eigenvalue weighted by Gasteiger charge is 2.22. The van der Waals surface area contributed by atoms with Gasteiger partial charge in [-0.05, 0) is 49.7 Å². The van der Waals surface area contributed by atoms with Gasteiger partial charge in [0.25, 0.3) is 11.8 Å². The van der Waals surface area contributed by atoms with E-state index in [1.165, 1.54) is 12.4 Å². The van der Waals surface area contributed by atoms with E-state index < -0.39 is 11.8 Å². The molecule has 1 aliphatic heterocycles. The van der Waals surface area contributed by atoms with Gasteiger partial charge >= 0.3 is 0 Å². The second-order valence-corrected chi connectivity index (χ2v) is 7.22. The van der Waals surface area contributed by atoms with Crippen LogP contribution in [0.1, 0.15) is 39.4 Å². The highest BCUT2D eigenvalue weighted by molar-refractivity contribution is 6.13. The van der Waals surface area contributed by atoms with Crippen molar-refractivity contribution in [2.24, 2.45) is 0 Å². The van der Waals surface area contributed by atoms with Gasteiger partial charge in [0.1, 0.15) is 0 Å². The molecule has 2 aromatic carbocycles. The van der Waals surface area contributed by atoms with Crippen molar-refractivity contribution in [3.63, 3.8) is 0 Å². The van der Waals surface area contributed by atoms with E-state index in [1.807, 2.05) is 19.1 Å². The minimum atomic E-state index is -0.549. The summed E-state index contributed by atoms with van der Waals surface area (Å²) in [4.78, 5) is 47.1. The summed E-state index contributed by atoms with van der Waals surface area (Å²) in [5.41, 5.74) is 2.83. The summed E-state index contributed by atoms with van der Waals surface area (Å²) in [6.45, 7) is 2.65. The first-order chi connectivity index (χ1) is 15.0. The summed E-state index contributed by atoms with van der Waals surface area (Å²) in [6.07, 6.45) is 4.12. The zero-order valence-corrected chi connectivity index (χ0v) is 17.0. The van der Waals surface area contributed by atoms with E-state index in [0.717, 1.165) is 17.7 Å². The second kappa shape index (κ2) is 8.74. The van der Waals surface area contributed by atoms with Crippen molar-refractivity contribution in [3.8, 4) is 0 Å². The van der Waals surface area contributed by atoms with Crippen LogP contribution in [0, 0.1) is 6.92 Å². The van der Waals surface area contributed by atoms with E-state index in [9.17, 15) is 14.4 Å². The van der Waals surface area contributed by atoms with Gasteiger partial charge in [-0.25, -0.2) is 9.97 Å². The smallest absolute Gasteiger partial charge is 0.276 e. The molecule has 3 amide bonds. The fourth-order valence-corrected chi connectivity index (χ4v) is 3.33. The Balaban J connectivity index is 1.48. The molecule has 1 fully saturated rings. The molecular formula is C23H21N5O3. The zero-order chi connectivity index (χ0) is 21.8. The van der Waals surface area contributed by atoms with Gasteiger partial charge in [-0.3, -0.25) is 14.4 Å². The van der Waals surface area contributed by atoms with Crippen LogP contribution in [0.4, 0.5) is 17.1 Å². The number of aryl methyl sites for hydroxylation is 1. The zero-order valence-electron chi connectivity index (χ0n) is 17.0. The molecule has 2 heterocycles. The summed E-state index contributed by atoms with van der Waals surface area (Å²) in [6, 6.07) is 14.3. The third kappa shape index (κ3) is 4.58. The van der Waals surface area contributed by atoms with Gasteiger partial charge in [-0.2, -0.15) is 0 Å². The van der Waals surface area contributed by atoms with Gasteiger partial charge < -0.3 is 15.5 Å². The average molecular weight is 415 g/mol. The number of nitrogens with zero attached hydrogens (tertiary/aromatic N) is 3. The molecular weight excluding hydrogens is 394 g/mol. The van der Waals surface area contributed by atoms with Gasteiger partial charge in [0.05, 0.1) is 0 Å². The molecule has 31 heavy (non-hydrogen) atoms. The minimum absolute atomic E-state index is 0.0696. The van der Waals surface area contributed by atoms with E-state index in [2.05, 4.69) is 20.6 Å². The maximum atomic E-state index is 12.8. The molecule has 4 rings (SSSR count). The third-order valence-corrected chi connectivity index (χ3v) is 4.95. The number of aromatic nitrogens is 2. The lowest BCUT2D eigenvalue weighted by atomic mass is 10.2. The number of nitrogens with one attached hydrogen (secondary N) is 2. The number of amides is 3. The van der Waals surface area contributed by atoms with E-state index >= 15 is 0 Å². The molecule has 8 nitrogen and oxygen atoms in total. The van der Waals surface area contributed by atoms with E-state index in [-0.39, 0.29) is 17.3 Å². The molecule has 0 spiro atoms. The molecule has 3 aromatic rings. The number of benzene rings is 2. The molecule has 0 unspecified atom stereocenters. The SMILES string of the molecule is Cc1ccc(NC(=O)c2nccnc2C(=O)Nc2ccc(N3CCCC3=O)cc2)cc1. The Hall–Kier alpha value is -4.07. The van der Waals surface area contributed by atoms with Crippen molar-refractivity contribution in [1.82, 2.24) is 9.97 Å². The first kappa shape index (κ1) is 20.2. The number of hydrogen-bond acceptors (Lipinski definition) is 5. The summed E-state index contributed by atoms with van der Waals surface area (Å²) in [5, 5.41) is 5.46. The number of anilines is 3. The standard InChI is InChI=1S/C23H21N5O3/c1-15-4-6-16(7-5-15)26-22(30)20-21(25-13-12-24-20)23(31)27-17-8-10-18(11-9-17)28-14-2-3-19(28)29/h4-13H,2-3,14H2,1H3,(H,26,30)(H,27,31). The molecule has 0 aliphatic carbocycles. The van der Waals surface area contributed by atoms with Gasteiger partial charge in [0.15, 0.2) is 11.4 Å². The van der Waals surface area contributed by atoms with Gasteiger partial charge in [0, 0.05) is 42.4 Å². The van der Waals surface area contributed by atoms with Crippen molar-refractivity contribution in [3.05, 3.63) is 77.9 Å². The van der Waals surface area contributed by atoms with Crippen LogP contribution in [0.2, 0.25) is 0 Å². The molecule has 1 aromatic heterocycles. The van der Waals surface area contributed by atoms with Crippen LogP contribution in [0.25, 0.3) is 0 Å². The van der Waals surface area contributed by atoms with Crippen molar-refractivity contribution in [2.45, 2.75) is 19.8 Å². The summed E-state index contributed by atoms with van der Waals surface area (Å²) in [5.74, 6) is -0.974. The first-order valence-electron chi connectivity index (χ1n) is 9.92. The second-order valence-electron chi connectivity index (χ2n) is 7.22. The molecule has 2 N–H and O–H groups in total. The lowest BCUT2D eigenvalue weighted by Crippen LogP contribution is -2.24. The van der Waals surface area contributed by atoms with Crippen LogP contribution in [0.3, 0.4) is 0 Å². The normalized spacial score (nSPS) is 13.2. The quantitative estimate of drug-likeness (QED) is 0.664. The van der Waals surface area contributed by atoms with Crippen molar-refractivity contribution < 1.29 is 14.4 Å². The topological polar surface area (TPSA) is 104 Å². The van der Waals surface area contributed by atoms with Crippen LogP contribution in [-0.2, 0) is 4.79 Å². The predicted molar refractivity (Wildman–Crippen MR) is 117 cm³/mol. The molecule has 0 atom stereocenters. The van der Waals surface area contributed by atoms with Gasteiger partial charge in [-0.15, -0.1) is 0 Å². The first-order valence-corrected chi connectivity index (χ1v) is 9.92. The van der Waals surface area contributed by atoms with Gasteiger partial charge in [-0.1, -0.05) is 17.7 Å². The van der Waals surface area contributed by atoms with E-state index in [4.69, 9.17) is 0 Å². The molecule has 156 valence electrons. The third-order valence-electron chi connectivity index (χ3n) is 4.95. The lowest BCUT2D eigenvalue weighted by molar-refractivity contribution is -0.117. The van der Waals surface area contributed by atoms with E-state index in [1.54, 1.807) is 41.3 Å². The Morgan fingerprint density at radius 1 is 0.839 bits per heavy atom. The maximum absolute atomic E-state index is 12.8. The van der Waals surface area contributed by atoms with Crippen molar-refractivity contribution in [2.75, 3.05) is 22.1 Å². The number of hydrogen-bond donors (Lipinski definition) is 2. The Morgan fingerprint density at radius 3 is 1.84 bits per heavy atom. The highest BCUT2D eigenvalue weighted by atomic mass is 16.2. The molecule has 0 saturated carbocycles. The maximum Gasteiger partial charge on any atom is 0.276 e. The Morgan fingerprint density at radius 2 is 1.35 bits per heavy atom. The monoisotopic (exact) mass is 415 g/mol. The molecule has 0 radical (unpaired) electrons. The summed E-state index contributed by atoms with van der Waals surface area (Å²) >= 11 is 0.